The number of benzene rings is 1. The largest absolute Gasteiger partial charge is 0.354 e. The molecule has 200 valence electrons. The summed E-state index contributed by atoms with van der Waals surface area (Å²) in [4.78, 5) is 40.5. The highest BCUT2D eigenvalue weighted by atomic mass is 32.1. The molecule has 1 saturated heterocycles. The van der Waals surface area contributed by atoms with Crippen molar-refractivity contribution in [2.45, 2.75) is 33.6 Å². The highest BCUT2D eigenvalue weighted by Gasteiger charge is 2.26. The van der Waals surface area contributed by atoms with Crippen LogP contribution in [-0.4, -0.2) is 54.1 Å². The Morgan fingerprint density at radius 1 is 1.00 bits per heavy atom. The average molecular weight is 535 g/mol. The maximum absolute atomic E-state index is 12.8. The van der Waals surface area contributed by atoms with Crippen LogP contribution in [0.4, 0.5) is 11.5 Å². The minimum Gasteiger partial charge on any atom is -0.354 e. The summed E-state index contributed by atoms with van der Waals surface area (Å²) in [5.41, 5.74) is 1.47. The highest BCUT2D eigenvalue weighted by Crippen LogP contribution is 2.25. The Morgan fingerprint density at radius 3 is 2.42 bits per heavy atom. The first kappa shape index (κ1) is 27.3. The van der Waals surface area contributed by atoms with Crippen molar-refractivity contribution in [2.24, 2.45) is 11.3 Å². The van der Waals surface area contributed by atoms with Crippen LogP contribution >= 0.6 is 11.3 Å². The number of anilines is 2. The standard InChI is InChI=1S/C28H34N6O3S/c1-28(2,3)27(37)31-21-10-8-19(9-11-21)25(35)29-14-15-30-26(36)20-6-4-16-34(18-20)24-13-12-22(32-33-24)23-7-5-17-38-23/h5,7-13,17,20H,4,6,14-16,18H2,1-3H3,(H,29,35)(H,30,36)(H,31,37). The predicted molar refractivity (Wildman–Crippen MR) is 150 cm³/mol. The Balaban J connectivity index is 1.20. The molecule has 1 aliphatic rings. The number of nitrogens with one attached hydrogen (secondary N) is 3. The van der Waals surface area contributed by atoms with Gasteiger partial charge in [0.15, 0.2) is 5.82 Å². The van der Waals surface area contributed by atoms with E-state index in [0.717, 1.165) is 35.8 Å². The van der Waals surface area contributed by atoms with Crippen molar-refractivity contribution in [3.8, 4) is 10.6 Å². The number of hydrogen-bond donors (Lipinski definition) is 3. The quantitative estimate of drug-likeness (QED) is 0.377. The van der Waals surface area contributed by atoms with E-state index < -0.39 is 5.41 Å². The van der Waals surface area contributed by atoms with Gasteiger partial charge in [0.2, 0.25) is 11.8 Å². The summed E-state index contributed by atoms with van der Waals surface area (Å²) in [7, 11) is 0. The van der Waals surface area contributed by atoms with Gasteiger partial charge in [0.1, 0.15) is 5.69 Å². The summed E-state index contributed by atoms with van der Waals surface area (Å²) in [5, 5.41) is 19.4. The van der Waals surface area contributed by atoms with E-state index in [-0.39, 0.29) is 23.6 Å². The fourth-order valence-corrected chi connectivity index (χ4v) is 4.77. The molecule has 3 amide bonds. The molecule has 0 radical (unpaired) electrons. The van der Waals surface area contributed by atoms with Crippen LogP contribution in [0, 0.1) is 11.3 Å². The molecule has 3 aromatic rings. The number of carbonyl (C=O) groups is 3. The van der Waals surface area contributed by atoms with E-state index in [4.69, 9.17) is 0 Å². The second kappa shape index (κ2) is 12.2. The third-order valence-electron chi connectivity index (χ3n) is 6.34. The smallest absolute Gasteiger partial charge is 0.251 e. The average Bonchev–Trinajstić information content (AvgIpc) is 3.46. The van der Waals surface area contributed by atoms with Gasteiger partial charge in [-0.1, -0.05) is 26.8 Å². The number of amides is 3. The lowest BCUT2D eigenvalue weighted by Crippen LogP contribution is -2.45. The molecule has 0 aliphatic carbocycles. The molecule has 0 saturated carbocycles. The fourth-order valence-electron chi connectivity index (χ4n) is 4.08. The number of thiophene rings is 1. The van der Waals surface area contributed by atoms with Gasteiger partial charge in [-0.15, -0.1) is 21.5 Å². The van der Waals surface area contributed by atoms with Crippen LogP contribution < -0.4 is 20.9 Å². The van der Waals surface area contributed by atoms with Crippen LogP contribution in [-0.2, 0) is 9.59 Å². The van der Waals surface area contributed by atoms with Gasteiger partial charge in [-0.2, -0.15) is 0 Å². The lowest BCUT2D eigenvalue weighted by molar-refractivity contribution is -0.125. The Kier molecular flexibility index (Phi) is 8.73. The molecule has 1 aromatic carbocycles. The zero-order valence-electron chi connectivity index (χ0n) is 22.0. The van der Waals surface area contributed by atoms with Gasteiger partial charge in [-0.3, -0.25) is 14.4 Å². The van der Waals surface area contributed by atoms with E-state index in [2.05, 4.69) is 31.0 Å². The maximum Gasteiger partial charge on any atom is 0.251 e. The maximum atomic E-state index is 12.8. The Morgan fingerprint density at radius 2 is 1.76 bits per heavy atom. The van der Waals surface area contributed by atoms with Crippen LogP contribution in [0.2, 0.25) is 0 Å². The van der Waals surface area contributed by atoms with Crippen molar-refractivity contribution in [1.82, 2.24) is 20.8 Å². The molecular weight excluding hydrogens is 500 g/mol. The highest BCUT2D eigenvalue weighted by molar-refractivity contribution is 7.13. The summed E-state index contributed by atoms with van der Waals surface area (Å²) in [6.45, 7) is 7.61. The zero-order valence-corrected chi connectivity index (χ0v) is 22.8. The third kappa shape index (κ3) is 7.16. The molecule has 0 spiro atoms. The van der Waals surface area contributed by atoms with Gasteiger partial charge in [0.25, 0.3) is 5.91 Å². The number of carbonyl (C=O) groups excluding carboxylic acids is 3. The molecule has 1 atom stereocenters. The van der Waals surface area contributed by atoms with Gasteiger partial charge >= 0.3 is 0 Å². The van der Waals surface area contributed by atoms with E-state index in [1.54, 1.807) is 35.6 Å². The molecule has 38 heavy (non-hydrogen) atoms. The lowest BCUT2D eigenvalue weighted by Gasteiger charge is -2.32. The van der Waals surface area contributed by atoms with Crippen molar-refractivity contribution in [1.29, 1.82) is 0 Å². The molecule has 2 aromatic heterocycles. The summed E-state index contributed by atoms with van der Waals surface area (Å²) in [6, 6.07) is 14.7. The van der Waals surface area contributed by atoms with Crippen molar-refractivity contribution < 1.29 is 14.4 Å². The zero-order chi connectivity index (χ0) is 27.1. The van der Waals surface area contributed by atoms with Crippen LogP contribution in [0.3, 0.4) is 0 Å². The molecular formula is C28H34N6O3S. The van der Waals surface area contributed by atoms with Gasteiger partial charge in [0.05, 0.1) is 10.8 Å². The molecule has 1 unspecified atom stereocenters. The summed E-state index contributed by atoms with van der Waals surface area (Å²) < 4.78 is 0. The van der Waals surface area contributed by atoms with Gasteiger partial charge in [0, 0.05) is 42.8 Å². The van der Waals surface area contributed by atoms with Crippen molar-refractivity contribution in [3.05, 3.63) is 59.5 Å². The monoisotopic (exact) mass is 534 g/mol. The molecule has 9 nitrogen and oxygen atoms in total. The molecule has 1 fully saturated rings. The normalized spacial score (nSPS) is 15.6. The Hall–Kier alpha value is -3.79. The van der Waals surface area contributed by atoms with E-state index in [0.29, 0.717) is 30.9 Å². The van der Waals surface area contributed by atoms with Crippen molar-refractivity contribution in [2.75, 3.05) is 36.4 Å². The predicted octanol–water partition coefficient (Wildman–Crippen LogP) is 3.95. The van der Waals surface area contributed by atoms with Crippen molar-refractivity contribution in [3.63, 3.8) is 0 Å². The summed E-state index contributed by atoms with van der Waals surface area (Å²) >= 11 is 1.63. The molecule has 4 rings (SSSR count). The molecule has 3 N–H and O–H groups in total. The van der Waals surface area contributed by atoms with E-state index in [1.807, 2.05) is 50.4 Å². The van der Waals surface area contributed by atoms with Crippen LogP contribution in [0.25, 0.3) is 10.6 Å². The number of aromatic nitrogens is 2. The molecule has 3 heterocycles. The minimum absolute atomic E-state index is 0.0222. The Labute approximate surface area is 227 Å². The third-order valence-corrected chi connectivity index (χ3v) is 7.23. The van der Waals surface area contributed by atoms with Gasteiger partial charge in [-0.05, 0) is 60.7 Å². The van der Waals surface area contributed by atoms with E-state index in [9.17, 15) is 14.4 Å². The Bertz CT molecular complexity index is 1240. The SMILES string of the molecule is CC(C)(C)C(=O)Nc1ccc(C(=O)NCCNC(=O)C2CCCN(c3ccc(-c4cccs4)nn3)C2)cc1. The summed E-state index contributed by atoms with van der Waals surface area (Å²) in [6.07, 6.45) is 1.71. The van der Waals surface area contributed by atoms with Crippen molar-refractivity contribution >= 4 is 40.6 Å². The summed E-state index contributed by atoms with van der Waals surface area (Å²) in [5.74, 6) is 0.284. The number of nitrogens with zero attached hydrogens (tertiary/aromatic N) is 3. The first-order valence-electron chi connectivity index (χ1n) is 12.8. The molecule has 0 bridgehead atoms. The molecule has 1 aliphatic heterocycles. The number of piperidine rings is 1. The minimum atomic E-state index is -0.500. The van der Waals surface area contributed by atoms with E-state index >= 15 is 0 Å². The first-order valence-corrected chi connectivity index (χ1v) is 13.7. The lowest BCUT2D eigenvalue weighted by atomic mass is 9.95. The fraction of sp³-hybridized carbons (Fsp3) is 0.393. The van der Waals surface area contributed by atoms with Crippen LogP contribution in [0.15, 0.2) is 53.9 Å². The van der Waals surface area contributed by atoms with Gasteiger partial charge < -0.3 is 20.9 Å². The second-order valence-corrected chi connectivity index (χ2v) is 11.3. The topological polar surface area (TPSA) is 116 Å². The second-order valence-electron chi connectivity index (χ2n) is 10.4. The van der Waals surface area contributed by atoms with E-state index in [1.165, 1.54) is 0 Å². The molecule has 10 heteroatoms. The first-order chi connectivity index (χ1) is 18.2. The number of hydrogen-bond acceptors (Lipinski definition) is 7. The van der Waals surface area contributed by atoms with Crippen LogP contribution in [0.1, 0.15) is 44.0 Å². The van der Waals surface area contributed by atoms with Crippen LogP contribution in [0.5, 0.6) is 0 Å². The van der Waals surface area contributed by atoms with Gasteiger partial charge in [-0.25, -0.2) is 0 Å². The number of rotatable bonds is 8.